The average molecular weight is 342 g/mol. The highest BCUT2D eigenvalue weighted by atomic mass is 32.1. The molecule has 124 valence electrons. The third-order valence-electron chi connectivity index (χ3n) is 3.93. The number of carboxylic acid groups (broad SMARTS) is 1. The molecule has 1 aromatic carbocycles. The van der Waals surface area contributed by atoms with Crippen molar-refractivity contribution in [3.05, 3.63) is 62.5 Å². The highest BCUT2D eigenvalue weighted by molar-refractivity contribution is 7.17. The Bertz CT molecular complexity index is 968. The van der Waals surface area contributed by atoms with E-state index in [0.29, 0.717) is 17.2 Å². The average Bonchev–Trinajstić information content (AvgIpc) is 2.96. The highest BCUT2D eigenvalue weighted by Crippen LogP contribution is 2.24. The van der Waals surface area contributed by atoms with Crippen molar-refractivity contribution in [1.82, 2.24) is 9.55 Å². The Morgan fingerprint density at radius 3 is 2.54 bits per heavy atom. The molecular weight excluding hydrogens is 324 g/mol. The molecule has 0 aliphatic carbocycles. The fraction of sp³-hybridized carbons (Fsp3) is 0.278. The quantitative estimate of drug-likeness (QED) is 0.786. The van der Waals surface area contributed by atoms with Gasteiger partial charge in [-0.2, -0.15) is 0 Å². The molecule has 0 aliphatic heterocycles. The molecule has 0 amide bonds. The van der Waals surface area contributed by atoms with Crippen LogP contribution in [0.1, 0.15) is 47.1 Å². The van der Waals surface area contributed by atoms with E-state index in [9.17, 15) is 14.7 Å². The van der Waals surface area contributed by atoms with Gasteiger partial charge in [-0.1, -0.05) is 43.7 Å². The molecule has 0 atom stereocenters. The lowest BCUT2D eigenvalue weighted by molar-refractivity contribution is 0.0699. The van der Waals surface area contributed by atoms with Crippen LogP contribution in [0.15, 0.2) is 34.4 Å². The van der Waals surface area contributed by atoms with Gasteiger partial charge in [0.1, 0.15) is 10.7 Å². The number of benzene rings is 1. The molecule has 6 heteroatoms. The van der Waals surface area contributed by atoms with Crippen molar-refractivity contribution in [2.45, 2.75) is 33.2 Å². The fourth-order valence-corrected chi connectivity index (χ4v) is 3.58. The molecule has 2 aromatic heterocycles. The van der Waals surface area contributed by atoms with Crippen molar-refractivity contribution in [2.24, 2.45) is 0 Å². The van der Waals surface area contributed by atoms with Gasteiger partial charge in [0, 0.05) is 11.3 Å². The van der Waals surface area contributed by atoms with Crippen LogP contribution < -0.4 is 5.56 Å². The molecule has 0 fully saturated rings. The van der Waals surface area contributed by atoms with Gasteiger partial charge in [-0.25, -0.2) is 9.78 Å². The summed E-state index contributed by atoms with van der Waals surface area (Å²) in [6.07, 6.45) is 0. The van der Waals surface area contributed by atoms with Gasteiger partial charge in [0.25, 0.3) is 5.56 Å². The van der Waals surface area contributed by atoms with Crippen molar-refractivity contribution in [2.75, 3.05) is 0 Å². The molecule has 0 bridgehead atoms. The number of aromatic carboxylic acids is 1. The summed E-state index contributed by atoms with van der Waals surface area (Å²) in [7, 11) is 0. The van der Waals surface area contributed by atoms with E-state index in [1.54, 1.807) is 4.57 Å². The lowest BCUT2D eigenvalue weighted by Gasteiger charge is -2.15. The van der Waals surface area contributed by atoms with Crippen molar-refractivity contribution in [1.29, 1.82) is 0 Å². The molecule has 3 rings (SSSR count). The van der Waals surface area contributed by atoms with Crippen LogP contribution in [-0.4, -0.2) is 20.6 Å². The van der Waals surface area contributed by atoms with E-state index < -0.39 is 5.97 Å². The third kappa shape index (κ3) is 2.85. The number of hydrogen-bond donors (Lipinski definition) is 1. The minimum absolute atomic E-state index is 0.0282. The smallest absolute Gasteiger partial charge is 0.337 e. The molecule has 0 unspecified atom stereocenters. The van der Waals surface area contributed by atoms with E-state index in [1.165, 1.54) is 16.7 Å². The van der Waals surface area contributed by atoms with Gasteiger partial charge < -0.3 is 5.11 Å². The molecule has 0 saturated heterocycles. The molecule has 1 N–H and O–H groups in total. The van der Waals surface area contributed by atoms with E-state index in [2.05, 4.69) is 4.98 Å². The standard InChI is InChI=1S/C18H18N2O3S/c1-10(2)15-19-16-14(13(9-24-16)18(22)23)17(21)20(15)8-12-6-4-11(3)5-7-12/h4-7,9-10H,8H2,1-3H3,(H,22,23). The van der Waals surface area contributed by atoms with Gasteiger partial charge in [-0.3, -0.25) is 9.36 Å². The number of aromatic nitrogens is 2. The van der Waals surface area contributed by atoms with Gasteiger partial charge in [-0.05, 0) is 12.5 Å². The summed E-state index contributed by atoms with van der Waals surface area (Å²) in [5.41, 5.74) is 1.87. The van der Waals surface area contributed by atoms with Gasteiger partial charge in [-0.15, -0.1) is 11.3 Å². The molecule has 0 saturated carbocycles. The summed E-state index contributed by atoms with van der Waals surface area (Å²) < 4.78 is 1.59. The molecule has 3 aromatic rings. The largest absolute Gasteiger partial charge is 0.478 e. The lowest BCUT2D eigenvalue weighted by Crippen LogP contribution is -2.27. The Morgan fingerprint density at radius 2 is 1.96 bits per heavy atom. The van der Waals surface area contributed by atoms with E-state index in [4.69, 9.17) is 0 Å². The molecule has 0 spiro atoms. The summed E-state index contributed by atoms with van der Waals surface area (Å²) in [6, 6.07) is 7.94. The van der Waals surface area contributed by atoms with Crippen LogP contribution in [0.3, 0.4) is 0 Å². The van der Waals surface area contributed by atoms with Crippen molar-refractivity contribution < 1.29 is 9.90 Å². The zero-order valence-electron chi connectivity index (χ0n) is 13.7. The van der Waals surface area contributed by atoms with Gasteiger partial charge in [0.05, 0.1) is 17.5 Å². The van der Waals surface area contributed by atoms with E-state index in [1.807, 2.05) is 45.0 Å². The molecule has 2 heterocycles. The zero-order valence-corrected chi connectivity index (χ0v) is 14.6. The topological polar surface area (TPSA) is 72.2 Å². The number of nitrogens with zero attached hydrogens (tertiary/aromatic N) is 2. The maximum atomic E-state index is 13.0. The molecule has 5 nitrogen and oxygen atoms in total. The monoisotopic (exact) mass is 342 g/mol. The van der Waals surface area contributed by atoms with Crippen LogP contribution in [0.25, 0.3) is 10.2 Å². The first kappa shape index (κ1) is 16.4. The maximum absolute atomic E-state index is 13.0. The normalized spacial score (nSPS) is 11.3. The van der Waals surface area contributed by atoms with Crippen LogP contribution in [0.5, 0.6) is 0 Å². The van der Waals surface area contributed by atoms with Crippen molar-refractivity contribution >= 4 is 27.5 Å². The second-order valence-electron chi connectivity index (χ2n) is 6.14. The Hall–Kier alpha value is -2.47. The van der Waals surface area contributed by atoms with E-state index in [-0.39, 0.29) is 22.4 Å². The lowest BCUT2D eigenvalue weighted by atomic mass is 10.1. The first-order valence-corrected chi connectivity index (χ1v) is 8.57. The second kappa shape index (κ2) is 6.20. The highest BCUT2D eigenvalue weighted by Gasteiger charge is 2.20. The number of hydrogen-bond acceptors (Lipinski definition) is 4. The van der Waals surface area contributed by atoms with Crippen molar-refractivity contribution in [3.63, 3.8) is 0 Å². The Labute approximate surface area is 143 Å². The van der Waals surface area contributed by atoms with Crippen LogP contribution in [-0.2, 0) is 6.54 Å². The summed E-state index contributed by atoms with van der Waals surface area (Å²) in [5.74, 6) is -0.367. The SMILES string of the molecule is Cc1ccc(Cn2c(C(C)C)nc3scc(C(=O)O)c3c2=O)cc1. The number of aryl methyl sites for hydroxylation is 1. The summed E-state index contributed by atoms with van der Waals surface area (Å²) in [6.45, 7) is 6.34. The van der Waals surface area contributed by atoms with Gasteiger partial charge >= 0.3 is 5.97 Å². The Morgan fingerprint density at radius 1 is 1.29 bits per heavy atom. The fourth-order valence-electron chi connectivity index (χ4n) is 2.67. The predicted octanol–water partition coefficient (Wildman–Crippen LogP) is 3.64. The summed E-state index contributed by atoms with van der Waals surface area (Å²) in [5, 5.41) is 11.0. The predicted molar refractivity (Wildman–Crippen MR) is 95.2 cm³/mol. The Balaban J connectivity index is 2.23. The molecule has 0 radical (unpaired) electrons. The van der Waals surface area contributed by atoms with E-state index >= 15 is 0 Å². The van der Waals surface area contributed by atoms with Crippen LogP contribution in [0.2, 0.25) is 0 Å². The minimum Gasteiger partial charge on any atom is -0.478 e. The number of thiophene rings is 1. The van der Waals surface area contributed by atoms with Gasteiger partial charge in [0.15, 0.2) is 0 Å². The summed E-state index contributed by atoms with van der Waals surface area (Å²) >= 11 is 1.20. The van der Waals surface area contributed by atoms with Gasteiger partial charge in [0.2, 0.25) is 0 Å². The minimum atomic E-state index is -1.10. The zero-order chi connectivity index (χ0) is 17.4. The first-order valence-electron chi connectivity index (χ1n) is 7.69. The van der Waals surface area contributed by atoms with E-state index in [0.717, 1.165) is 11.1 Å². The second-order valence-corrected chi connectivity index (χ2v) is 6.99. The first-order chi connectivity index (χ1) is 11.4. The number of carboxylic acids is 1. The molecule has 24 heavy (non-hydrogen) atoms. The van der Waals surface area contributed by atoms with Crippen molar-refractivity contribution in [3.8, 4) is 0 Å². The molecular formula is C18H18N2O3S. The number of carbonyl (C=O) groups is 1. The maximum Gasteiger partial charge on any atom is 0.337 e. The summed E-state index contributed by atoms with van der Waals surface area (Å²) in [4.78, 5) is 29.4. The molecule has 0 aliphatic rings. The van der Waals surface area contributed by atoms with Crippen LogP contribution >= 0.6 is 11.3 Å². The van der Waals surface area contributed by atoms with Crippen LogP contribution in [0, 0.1) is 6.92 Å². The Kier molecular flexibility index (Phi) is 4.24. The van der Waals surface area contributed by atoms with Crippen LogP contribution in [0.4, 0.5) is 0 Å². The third-order valence-corrected chi connectivity index (χ3v) is 4.80. The number of fused-ring (bicyclic) bond motifs is 1. The number of rotatable bonds is 4.